The van der Waals surface area contributed by atoms with Crippen LogP contribution in [-0.4, -0.2) is 32.3 Å². The predicted octanol–water partition coefficient (Wildman–Crippen LogP) is 4.01. The lowest BCUT2D eigenvalue weighted by molar-refractivity contribution is -0.122. The zero-order valence-electron chi connectivity index (χ0n) is 18.1. The van der Waals surface area contributed by atoms with Crippen LogP contribution in [0.25, 0.3) is 33.0 Å². The molecule has 5 N–H and O–H groups in total. The number of H-pyrrole nitrogens is 1. The summed E-state index contributed by atoms with van der Waals surface area (Å²) in [5.74, 6) is -0.0277. The number of aromatic nitrogens is 2. The Kier molecular flexibility index (Phi) is 5.30. The minimum atomic E-state index is -0.382. The number of rotatable bonds is 6. The number of carbonyl (C=O) groups is 2. The van der Waals surface area contributed by atoms with E-state index in [1.54, 1.807) is 6.20 Å². The Balaban J connectivity index is 1.69. The van der Waals surface area contributed by atoms with Gasteiger partial charge in [-0.1, -0.05) is 42.1 Å². The summed E-state index contributed by atoms with van der Waals surface area (Å²) < 4.78 is 2.12. The number of nitrogens with two attached hydrogens (primary N) is 1. The van der Waals surface area contributed by atoms with Gasteiger partial charge in [0.25, 0.3) is 11.8 Å². The molecule has 0 aliphatic carbocycles. The largest absolute Gasteiger partial charge is 0.379 e. The molecule has 0 bridgehead atoms. The number of nitrogens with zero attached hydrogens (tertiary/aromatic N) is 1. The summed E-state index contributed by atoms with van der Waals surface area (Å²) in [5.41, 5.74) is 10.7. The maximum Gasteiger partial charge on any atom is 0.259 e. The molecule has 1 aliphatic heterocycles. The first-order chi connectivity index (χ1) is 16.0. The smallest absolute Gasteiger partial charge is 0.259 e. The van der Waals surface area contributed by atoms with Crippen molar-refractivity contribution in [2.45, 2.75) is 19.9 Å². The number of hydrogen-bond donors (Lipinski definition) is 4. The molecule has 0 spiro atoms. The molecule has 0 saturated heterocycles. The molecule has 166 valence electrons. The van der Waals surface area contributed by atoms with Crippen molar-refractivity contribution in [2.24, 2.45) is 5.73 Å². The average Bonchev–Trinajstić information content (AvgIpc) is 3.44. The SMILES string of the molecule is Cc1cccc2c1c(C1=C(c3c[nH]c4ccccc34)C(=O)NC1=O)cn2CCCSC(=N)N. The number of imide groups is 1. The molecule has 5 rings (SSSR count). The molecule has 33 heavy (non-hydrogen) atoms. The van der Waals surface area contributed by atoms with Crippen LogP contribution in [0.3, 0.4) is 0 Å². The molecule has 7 nitrogen and oxygen atoms in total. The molecule has 0 atom stereocenters. The summed E-state index contributed by atoms with van der Waals surface area (Å²) in [6.45, 7) is 2.73. The van der Waals surface area contributed by atoms with E-state index >= 15 is 0 Å². The summed E-state index contributed by atoms with van der Waals surface area (Å²) in [6.07, 6.45) is 4.59. The second kappa shape index (κ2) is 8.29. The number of para-hydroxylation sites is 1. The van der Waals surface area contributed by atoms with Gasteiger partial charge in [0.05, 0.1) is 11.1 Å². The highest BCUT2D eigenvalue weighted by Crippen LogP contribution is 2.39. The third kappa shape index (κ3) is 3.62. The fourth-order valence-corrected chi connectivity index (χ4v) is 5.06. The quantitative estimate of drug-likeness (QED) is 0.151. The molecule has 0 radical (unpaired) electrons. The van der Waals surface area contributed by atoms with Crippen LogP contribution in [0.15, 0.2) is 54.9 Å². The molecule has 1 aliphatic rings. The van der Waals surface area contributed by atoms with E-state index in [1.165, 1.54) is 11.8 Å². The molecule has 2 amide bonds. The van der Waals surface area contributed by atoms with Gasteiger partial charge in [-0.15, -0.1) is 0 Å². The number of thioether (sulfide) groups is 1. The van der Waals surface area contributed by atoms with Crippen molar-refractivity contribution in [3.8, 4) is 0 Å². The zero-order valence-corrected chi connectivity index (χ0v) is 18.9. The Labute approximate surface area is 194 Å². The van der Waals surface area contributed by atoms with Crippen LogP contribution < -0.4 is 11.1 Å². The second-order valence-electron chi connectivity index (χ2n) is 8.05. The zero-order chi connectivity index (χ0) is 23.1. The maximum absolute atomic E-state index is 13.1. The molecule has 3 heterocycles. The molecule has 0 saturated carbocycles. The first-order valence-electron chi connectivity index (χ1n) is 10.7. The van der Waals surface area contributed by atoms with Gasteiger partial charge in [0, 0.05) is 57.6 Å². The van der Waals surface area contributed by atoms with Crippen LogP contribution in [0.5, 0.6) is 0 Å². The Hall–Kier alpha value is -3.78. The van der Waals surface area contributed by atoms with Crippen LogP contribution in [0.2, 0.25) is 0 Å². The van der Waals surface area contributed by atoms with E-state index in [2.05, 4.69) is 14.9 Å². The van der Waals surface area contributed by atoms with Crippen molar-refractivity contribution >= 4 is 61.7 Å². The van der Waals surface area contributed by atoms with E-state index in [4.69, 9.17) is 11.1 Å². The Morgan fingerprint density at radius 1 is 1.06 bits per heavy atom. The molecule has 8 heteroatoms. The number of aromatic amines is 1. The molecule has 2 aromatic carbocycles. The topological polar surface area (TPSA) is 117 Å². The van der Waals surface area contributed by atoms with Crippen LogP contribution in [0, 0.1) is 12.3 Å². The molecule has 4 aromatic rings. The minimum absolute atomic E-state index is 0.110. The van der Waals surface area contributed by atoms with Gasteiger partial charge in [0.2, 0.25) is 0 Å². The Bertz CT molecular complexity index is 1480. The number of hydrogen-bond acceptors (Lipinski definition) is 4. The van der Waals surface area contributed by atoms with Crippen molar-refractivity contribution in [3.63, 3.8) is 0 Å². The van der Waals surface area contributed by atoms with Gasteiger partial charge in [0.1, 0.15) is 0 Å². The summed E-state index contributed by atoms with van der Waals surface area (Å²) in [7, 11) is 0. The van der Waals surface area contributed by atoms with Gasteiger partial charge in [-0.3, -0.25) is 20.3 Å². The minimum Gasteiger partial charge on any atom is -0.379 e. The average molecular weight is 458 g/mol. The lowest BCUT2D eigenvalue weighted by atomic mass is 9.94. The van der Waals surface area contributed by atoms with Crippen molar-refractivity contribution in [3.05, 3.63) is 71.5 Å². The molecular formula is C25H23N5O2S. The van der Waals surface area contributed by atoms with Gasteiger partial charge in [-0.2, -0.15) is 0 Å². The Morgan fingerprint density at radius 2 is 1.82 bits per heavy atom. The van der Waals surface area contributed by atoms with Crippen molar-refractivity contribution in [1.82, 2.24) is 14.9 Å². The van der Waals surface area contributed by atoms with E-state index in [9.17, 15) is 9.59 Å². The van der Waals surface area contributed by atoms with E-state index in [0.29, 0.717) is 17.7 Å². The summed E-state index contributed by atoms with van der Waals surface area (Å²) in [5, 5.41) is 11.9. The molecule has 2 aromatic heterocycles. The maximum atomic E-state index is 13.1. The van der Waals surface area contributed by atoms with Gasteiger partial charge in [-0.25, -0.2) is 0 Å². The van der Waals surface area contributed by atoms with Crippen LogP contribution in [0.4, 0.5) is 0 Å². The Morgan fingerprint density at radius 3 is 2.61 bits per heavy atom. The van der Waals surface area contributed by atoms with E-state index in [-0.39, 0.29) is 17.0 Å². The van der Waals surface area contributed by atoms with E-state index in [0.717, 1.165) is 50.7 Å². The third-order valence-corrected chi connectivity index (χ3v) is 6.78. The van der Waals surface area contributed by atoms with E-state index in [1.807, 2.05) is 55.6 Å². The lowest BCUT2D eigenvalue weighted by Gasteiger charge is -2.05. The van der Waals surface area contributed by atoms with Crippen LogP contribution in [-0.2, 0) is 16.1 Å². The normalized spacial score (nSPS) is 14.0. The highest BCUT2D eigenvalue weighted by molar-refractivity contribution is 8.13. The van der Waals surface area contributed by atoms with Gasteiger partial charge >= 0.3 is 0 Å². The standard InChI is InChI=1S/C25H23N5O2S/c1-14-6-4-9-19-20(14)17(13-30(19)10-5-11-33-25(26)27)22-21(23(31)29-24(22)32)16-12-28-18-8-3-2-7-15(16)18/h2-4,6-9,12-13,28H,5,10-11H2,1H3,(H3,26,27)(H,29,31,32). The first-order valence-corrected chi connectivity index (χ1v) is 11.7. The highest BCUT2D eigenvalue weighted by atomic mass is 32.2. The number of fused-ring (bicyclic) bond motifs is 2. The number of aryl methyl sites for hydroxylation is 2. The van der Waals surface area contributed by atoms with Gasteiger partial charge in [-0.05, 0) is 31.0 Å². The first kappa shape index (κ1) is 21.1. The fourth-order valence-electron chi connectivity index (χ4n) is 4.57. The number of carbonyl (C=O) groups excluding carboxylic acids is 2. The highest BCUT2D eigenvalue weighted by Gasteiger charge is 2.35. The number of amides is 2. The van der Waals surface area contributed by atoms with Crippen LogP contribution >= 0.6 is 11.8 Å². The molecule has 0 unspecified atom stereocenters. The van der Waals surface area contributed by atoms with E-state index < -0.39 is 0 Å². The fraction of sp³-hybridized carbons (Fsp3) is 0.160. The van der Waals surface area contributed by atoms with Crippen LogP contribution in [0.1, 0.15) is 23.1 Å². The van der Waals surface area contributed by atoms with Crippen molar-refractivity contribution in [1.29, 1.82) is 5.41 Å². The summed E-state index contributed by atoms with van der Waals surface area (Å²) >= 11 is 1.32. The predicted molar refractivity (Wildman–Crippen MR) is 134 cm³/mol. The van der Waals surface area contributed by atoms with Crippen molar-refractivity contribution < 1.29 is 9.59 Å². The molecular weight excluding hydrogens is 434 g/mol. The third-order valence-electron chi connectivity index (χ3n) is 5.97. The second-order valence-corrected chi connectivity index (χ2v) is 9.19. The van der Waals surface area contributed by atoms with Crippen molar-refractivity contribution in [2.75, 3.05) is 5.75 Å². The van der Waals surface area contributed by atoms with Gasteiger partial charge in [0.15, 0.2) is 5.17 Å². The molecule has 0 fully saturated rings. The summed E-state index contributed by atoms with van der Waals surface area (Å²) in [6, 6.07) is 13.8. The monoisotopic (exact) mass is 457 g/mol. The number of benzene rings is 2. The van der Waals surface area contributed by atoms with Gasteiger partial charge < -0.3 is 15.3 Å². The number of amidine groups is 1. The number of nitrogens with one attached hydrogen (secondary N) is 3. The summed E-state index contributed by atoms with van der Waals surface area (Å²) in [4.78, 5) is 29.3. The lowest BCUT2D eigenvalue weighted by Crippen LogP contribution is -2.22.